The smallest absolute Gasteiger partial charge is 0.165 e. The summed E-state index contributed by atoms with van der Waals surface area (Å²) in [4.78, 5) is 0. The van der Waals surface area contributed by atoms with Crippen LogP contribution >= 0.6 is 12.6 Å². The Morgan fingerprint density at radius 3 is 2.85 bits per heavy atom. The number of hydrogen-bond acceptors (Lipinski definition) is 2. The van der Waals surface area contributed by atoms with E-state index in [1.165, 1.54) is 13.2 Å². The van der Waals surface area contributed by atoms with Crippen LogP contribution in [0.15, 0.2) is 18.2 Å². The van der Waals surface area contributed by atoms with Gasteiger partial charge in [0.05, 0.1) is 7.11 Å². The predicted octanol–water partition coefficient (Wildman–Crippen LogP) is 2.70. The molecule has 0 aliphatic carbocycles. The first-order valence-corrected chi connectivity index (χ1v) is 4.84. The maximum Gasteiger partial charge on any atom is 0.165 e. The van der Waals surface area contributed by atoms with Crippen molar-refractivity contribution in [3.8, 4) is 5.75 Å². The molecule has 1 aromatic carbocycles. The zero-order valence-electron chi connectivity index (χ0n) is 7.59. The molecule has 0 radical (unpaired) electrons. The standard InChI is InChI=1S/C10H13FOS/c1-12-10-7-8(3-2-6-13)4-5-9(10)11/h4-5,7,13H,2-3,6H2,1H3. The largest absolute Gasteiger partial charge is 0.494 e. The number of benzene rings is 1. The van der Waals surface area contributed by atoms with Gasteiger partial charge in [-0.3, -0.25) is 0 Å². The van der Waals surface area contributed by atoms with Gasteiger partial charge in [-0.25, -0.2) is 4.39 Å². The van der Waals surface area contributed by atoms with Crippen molar-refractivity contribution in [2.75, 3.05) is 12.9 Å². The molecular weight excluding hydrogens is 187 g/mol. The lowest BCUT2D eigenvalue weighted by Crippen LogP contribution is -1.92. The number of halogens is 1. The third-order valence-electron chi connectivity index (χ3n) is 1.84. The lowest BCUT2D eigenvalue weighted by atomic mass is 10.1. The highest BCUT2D eigenvalue weighted by Gasteiger charge is 2.02. The minimum Gasteiger partial charge on any atom is -0.494 e. The van der Waals surface area contributed by atoms with Crippen LogP contribution in [0.4, 0.5) is 4.39 Å². The molecule has 1 aromatic rings. The summed E-state index contributed by atoms with van der Waals surface area (Å²) in [7, 11) is 1.47. The van der Waals surface area contributed by atoms with Crippen molar-refractivity contribution in [1.82, 2.24) is 0 Å². The van der Waals surface area contributed by atoms with Crippen LogP contribution in [-0.4, -0.2) is 12.9 Å². The zero-order chi connectivity index (χ0) is 9.68. The molecule has 0 saturated heterocycles. The van der Waals surface area contributed by atoms with Crippen LogP contribution in [0.5, 0.6) is 5.75 Å². The molecule has 1 rings (SSSR count). The molecule has 0 amide bonds. The Kier molecular flexibility index (Phi) is 4.09. The van der Waals surface area contributed by atoms with Crippen LogP contribution in [0, 0.1) is 5.82 Å². The normalized spacial score (nSPS) is 10.1. The minimum absolute atomic E-state index is 0.308. The zero-order valence-corrected chi connectivity index (χ0v) is 8.48. The first-order valence-electron chi connectivity index (χ1n) is 4.21. The van der Waals surface area contributed by atoms with Crippen molar-refractivity contribution < 1.29 is 9.13 Å². The van der Waals surface area contributed by atoms with Gasteiger partial charge in [0.2, 0.25) is 0 Å². The van der Waals surface area contributed by atoms with Crippen LogP contribution in [0.2, 0.25) is 0 Å². The molecule has 0 aromatic heterocycles. The number of ether oxygens (including phenoxy) is 1. The van der Waals surface area contributed by atoms with E-state index >= 15 is 0 Å². The van der Waals surface area contributed by atoms with Crippen molar-refractivity contribution in [1.29, 1.82) is 0 Å². The summed E-state index contributed by atoms with van der Waals surface area (Å²) in [5.74, 6) is 0.855. The van der Waals surface area contributed by atoms with Crippen LogP contribution in [0.3, 0.4) is 0 Å². The lowest BCUT2D eigenvalue weighted by Gasteiger charge is -2.04. The van der Waals surface area contributed by atoms with Crippen molar-refractivity contribution in [3.63, 3.8) is 0 Å². The second-order valence-electron chi connectivity index (χ2n) is 2.80. The van der Waals surface area contributed by atoms with Gasteiger partial charge in [0, 0.05) is 0 Å². The van der Waals surface area contributed by atoms with Crippen LogP contribution in [-0.2, 0) is 6.42 Å². The first-order chi connectivity index (χ1) is 6.27. The molecule has 13 heavy (non-hydrogen) atoms. The number of aryl methyl sites for hydroxylation is 1. The summed E-state index contributed by atoms with van der Waals surface area (Å²) >= 11 is 4.11. The number of thiol groups is 1. The van der Waals surface area contributed by atoms with E-state index in [1.54, 1.807) is 12.1 Å². The maximum atomic E-state index is 13.0. The van der Waals surface area contributed by atoms with Crippen molar-refractivity contribution in [2.45, 2.75) is 12.8 Å². The molecule has 0 spiro atoms. The van der Waals surface area contributed by atoms with E-state index in [2.05, 4.69) is 12.6 Å². The second-order valence-corrected chi connectivity index (χ2v) is 3.24. The third-order valence-corrected chi connectivity index (χ3v) is 2.16. The Bertz CT molecular complexity index is 276. The minimum atomic E-state index is -0.308. The first kappa shape index (κ1) is 10.4. The van der Waals surface area contributed by atoms with Gasteiger partial charge in [0.25, 0.3) is 0 Å². The lowest BCUT2D eigenvalue weighted by molar-refractivity contribution is 0.386. The SMILES string of the molecule is COc1cc(CCCS)ccc1F. The number of rotatable bonds is 4. The average Bonchev–Trinajstić information content (AvgIpc) is 2.16. The molecule has 1 nitrogen and oxygen atoms in total. The van der Waals surface area contributed by atoms with Crippen LogP contribution < -0.4 is 4.74 Å². The highest BCUT2D eigenvalue weighted by molar-refractivity contribution is 7.80. The van der Waals surface area contributed by atoms with Crippen LogP contribution in [0.1, 0.15) is 12.0 Å². The average molecular weight is 200 g/mol. The van der Waals surface area contributed by atoms with Crippen molar-refractivity contribution in [3.05, 3.63) is 29.6 Å². The number of hydrogen-bond donors (Lipinski definition) is 1. The third kappa shape index (κ3) is 2.92. The highest BCUT2D eigenvalue weighted by Crippen LogP contribution is 2.18. The Hall–Kier alpha value is -0.700. The van der Waals surface area contributed by atoms with E-state index in [-0.39, 0.29) is 5.82 Å². The van der Waals surface area contributed by atoms with Gasteiger partial charge in [-0.1, -0.05) is 6.07 Å². The van der Waals surface area contributed by atoms with Gasteiger partial charge in [-0.05, 0) is 36.3 Å². The molecule has 0 unspecified atom stereocenters. The summed E-state index contributed by atoms with van der Waals surface area (Å²) in [6, 6.07) is 4.95. The topological polar surface area (TPSA) is 9.23 Å². The molecule has 0 aliphatic heterocycles. The fourth-order valence-corrected chi connectivity index (χ4v) is 1.30. The molecule has 0 N–H and O–H groups in total. The van der Waals surface area contributed by atoms with Crippen LogP contribution in [0.25, 0.3) is 0 Å². The fraction of sp³-hybridized carbons (Fsp3) is 0.400. The Morgan fingerprint density at radius 1 is 1.46 bits per heavy atom. The predicted molar refractivity (Wildman–Crippen MR) is 55.1 cm³/mol. The van der Waals surface area contributed by atoms with Gasteiger partial charge in [-0.2, -0.15) is 12.6 Å². The van der Waals surface area contributed by atoms with Gasteiger partial charge in [0.1, 0.15) is 0 Å². The maximum absolute atomic E-state index is 13.0. The van der Waals surface area contributed by atoms with E-state index in [0.717, 1.165) is 24.2 Å². The molecule has 3 heteroatoms. The van der Waals surface area contributed by atoms with E-state index in [4.69, 9.17) is 4.74 Å². The molecular formula is C10H13FOS. The monoisotopic (exact) mass is 200 g/mol. The molecule has 0 aliphatic rings. The highest BCUT2D eigenvalue weighted by atomic mass is 32.1. The Balaban J connectivity index is 2.74. The number of methoxy groups -OCH3 is 1. The van der Waals surface area contributed by atoms with Gasteiger partial charge in [-0.15, -0.1) is 0 Å². The quantitative estimate of drug-likeness (QED) is 0.735. The molecule has 0 saturated carbocycles. The van der Waals surface area contributed by atoms with E-state index in [1.807, 2.05) is 0 Å². The fourth-order valence-electron chi connectivity index (χ4n) is 1.14. The van der Waals surface area contributed by atoms with Gasteiger partial charge in [0.15, 0.2) is 11.6 Å². The Labute approximate surface area is 83.3 Å². The summed E-state index contributed by atoms with van der Waals surface area (Å²) in [5, 5.41) is 0. The van der Waals surface area contributed by atoms with Crippen molar-refractivity contribution in [2.24, 2.45) is 0 Å². The molecule has 0 bridgehead atoms. The molecule has 72 valence electrons. The van der Waals surface area contributed by atoms with E-state index in [0.29, 0.717) is 5.75 Å². The molecule has 0 fully saturated rings. The summed E-state index contributed by atoms with van der Waals surface area (Å²) in [6.07, 6.45) is 1.91. The van der Waals surface area contributed by atoms with Gasteiger partial charge >= 0.3 is 0 Å². The summed E-state index contributed by atoms with van der Waals surface area (Å²) in [5.41, 5.74) is 1.09. The van der Waals surface area contributed by atoms with E-state index < -0.39 is 0 Å². The second kappa shape index (κ2) is 5.12. The Morgan fingerprint density at radius 2 is 2.23 bits per heavy atom. The van der Waals surface area contributed by atoms with Gasteiger partial charge < -0.3 is 4.74 Å². The molecule has 0 atom stereocenters. The van der Waals surface area contributed by atoms with E-state index in [9.17, 15) is 4.39 Å². The summed E-state index contributed by atoms with van der Waals surface area (Å²) in [6.45, 7) is 0. The van der Waals surface area contributed by atoms with Crippen molar-refractivity contribution >= 4 is 12.6 Å². The molecule has 0 heterocycles. The summed E-state index contributed by atoms with van der Waals surface area (Å²) < 4.78 is 17.8.